The second kappa shape index (κ2) is 8.02. The number of hydrogen-bond donors (Lipinski definition) is 2. The molecule has 0 amide bonds. The molecule has 0 saturated heterocycles. The highest BCUT2D eigenvalue weighted by Crippen LogP contribution is 2.35. The number of benzene rings is 2. The summed E-state index contributed by atoms with van der Waals surface area (Å²) in [7, 11) is 3.53. The number of phenolic OH excluding ortho intramolecular Hbond substituents is 1. The van der Waals surface area contributed by atoms with E-state index in [9.17, 15) is 5.11 Å². The van der Waals surface area contributed by atoms with Crippen molar-refractivity contribution in [2.45, 2.75) is 13.8 Å². The molecule has 3 heterocycles. The van der Waals surface area contributed by atoms with Gasteiger partial charge in [-0.2, -0.15) is 5.10 Å². The van der Waals surface area contributed by atoms with Crippen LogP contribution in [0, 0.1) is 13.8 Å². The van der Waals surface area contributed by atoms with Crippen LogP contribution >= 0.6 is 0 Å². The summed E-state index contributed by atoms with van der Waals surface area (Å²) >= 11 is 0. The molecule has 0 aliphatic rings. The molecule has 0 atom stereocenters. The van der Waals surface area contributed by atoms with Crippen LogP contribution in [0.4, 0.5) is 11.4 Å². The van der Waals surface area contributed by atoms with Crippen molar-refractivity contribution in [1.82, 2.24) is 19.2 Å². The second-order valence-electron chi connectivity index (χ2n) is 8.05. The normalized spacial score (nSPS) is 11.2. The molecule has 5 rings (SSSR count). The number of nitrogens with one attached hydrogen (secondary N) is 1. The summed E-state index contributed by atoms with van der Waals surface area (Å²) in [6.07, 6.45) is 3.91. The number of nitrogens with zero attached hydrogens (tertiary/aromatic N) is 4. The van der Waals surface area contributed by atoms with E-state index in [1.807, 2.05) is 74.9 Å². The quantitative estimate of drug-likeness (QED) is 0.379. The average Bonchev–Trinajstić information content (AvgIpc) is 3.33. The lowest BCUT2D eigenvalue weighted by molar-refractivity contribution is 0.415. The van der Waals surface area contributed by atoms with Crippen molar-refractivity contribution < 1.29 is 9.84 Å². The SMILES string of the molecule is COc1cccc(-c2nc3c(Nc4ccc(-c5cn(C)nc5C)c(O)c4)cccn3c2C)c1. The third kappa shape index (κ3) is 3.67. The third-order valence-corrected chi connectivity index (χ3v) is 5.81. The first-order chi connectivity index (χ1) is 15.9. The maximum absolute atomic E-state index is 10.7. The summed E-state index contributed by atoms with van der Waals surface area (Å²) in [6.45, 7) is 3.98. The lowest BCUT2D eigenvalue weighted by Gasteiger charge is -2.10. The lowest BCUT2D eigenvalue weighted by Crippen LogP contribution is -1.95. The van der Waals surface area contributed by atoms with E-state index in [1.54, 1.807) is 17.9 Å². The van der Waals surface area contributed by atoms with E-state index in [4.69, 9.17) is 9.72 Å². The highest BCUT2D eigenvalue weighted by molar-refractivity contribution is 5.81. The van der Waals surface area contributed by atoms with E-state index in [0.29, 0.717) is 0 Å². The van der Waals surface area contributed by atoms with Gasteiger partial charge < -0.3 is 19.6 Å². The molecule has 2 N–H and O–H groups in total. The van der Waals surface area contributed by atoms with Gasteiger partial charge in [0.05, 0.1) is 24.2 Å². The van der Waals surface area contributed by atoms with Gasteiger partial charge in [0.2, 0.25) is 0 Å². The van der Waals surface area contributed by atoms with Crippen molar-refractivity contribution in [2.24, 2.45) is 7.05 Å². The van der Waals surface area contributed by atoms with Crippen LogP contribution in [0.1, 0.15) is 11.4 Å². The maximum atomic E-state index is 10.7. The average molecular weight is 440 g/mol. The van der Waals surface area contributed by atoms with Crippen LogP contribution in [0.3, 0.4) is 0 Å². The number of hydrogen-bond acceptors (Lipinski definition) is 5. The lowest BCUT2D eigenvalue weighted by atomic mass is 10.1. The van der Waals surface area contributed by atoms with Crippen LogP contribution < -0.4 is 10.1 Å². The van der Waals surface area contributed by atoms with Crippen molar-refractivity contribution in [2.75, 3.05) is 12.4 Å². The Hall–Kier alpha value is -4.26. The van der Waals surface area contributed by atoms with E-state index < -0.39 is 0 Å². The summed E-state index contributed by atoms with van der Waals surface area (Å²) in [5.41, 5.74) is 7.89. The Morgan fingerprint density at radius 2 is 1.85 bits per heavy atom. The molecular weight excluding hydrogens is 414 g/mol. The Bertz CT molecular complexity index is 1480. The number of imidazole rings is 1. The largest absolute Gasteiger partial charge is 0.507 e. The summed E-state index contributed by atoms with van der Waals surface area (Å²) in [5, 5.41) is 18.5. The number of aryl methyl sites for hydroxylation is 3. The van der Waals surface area contributed by atoms with Gasteiger partial charge in [-0.1, -0.05) is 12.1 Å². The van der Waals surface area contributed by atoms with Crippen molar-refractivity contribution in [1.29, 1.82) is 0 Å². The summed E-state index contributed by atoms with van der Waals surface area (Å²) in [5.74, 6) is 0.987. The molecule has 0 unspecified atom stereocenters. The fraction of sp³-hybridized carbons (Fsp3) is 0.154. The number of phenols is 1. The fourth-order valence-electron chi connectivity index (χ4n) is 4.18. The second-order valence-corrected chi connectivity index (χ2v) is 8.05. The maximum Gasteiger partial charge on any atom is 0.161 e. The predicted molar refractivity (Wildman–Crippen MR) is 130 cm³/mol. The van der Waals surface area contributed by atoms with Gasteiger partial charge in [-0.15, -0.1) is 0 Å². The molecule has 3 aromatic heterocycles. The monoisotopic (exact) mass is 439 g/mol. The number of ether oxygens (including phenoxy) is 1. The number of anilines is 2. The molecule has 166 valence electrons. The topological polar surface area (TPSA) is 76.6 Å². The van der Waals surface area contributed by atoms with Crippen molar-refractivity contribution in [3.63, 3.8) is 0 Å². The van der Waals surface area contributed by atoms with Gasteiger partial charge in [-0.05, 0) is 50.2 Å². The van der Waals surface area contributed by atoms with Gasteiger partial charge in [-0.25, -0.2) is 4.98 Å². The molecule has 33 heavy (non-hydrogen) atoms. The minimum atomic E-state index is 0.194. The van der Waals surface area contributed by atoms with E-state index in [0.717, 1.165) is 56.5 Å². The Morgan fingerprint density at radius 3 is 2.58 bits per heavy atom. The number of fused-ring (bicyclic) bond motifs is 1. The Balaban J connectivity index is 1.52. The highest BCUT2D eigenvalue weighted by atomic mass is 16.5. The molecular formula is C26H25N5O2. The summed E-state index contributed by atoms with van der Waals surface area (Å²) < 4.78 is 9.19. The standard InChI is InChI=1S/C26H25N5O2/c1-16-22(15-30(3)29-16)21-11-10-19(14-24(21)32)27-23-9-6-12-31-17(2)25(28-26(23)31)18-7-5-8-20(13-18)33-4/h5-15,27,32H,1-4H3. The van der Waals surface area contributed by atoms with Gasteiger partial charge in [0.15, 0.2) is 5.65 Å². The van der Waals surface area contributed by atoms with Crippen LogP contribution in [0.2, 0.25) is 0 Å². The van der Waals surface area contributed by atoms with Gasteiger partial charge in [-0.3, -0.25) is 4.68 Å². The van der Waals surface area contributed by atoms with Crippen LogP contribution in [0.15, 0.2) is 67.0 Å². The van der Waals surface area contributed by atoms with Crippen LogP contribution in [0.25, 0.3) is 28.0 Å². The zero-order valence-corrected chi connectivity index (χ0v) is 19.0. The van der Waals surface area contributed by atoms with E-state index >= 15 is 0 Å². The fourth-order valence-corrected chi connectivity index (χ4v) is 4.18. The van der Waals surface area contributed by atoms with Gasteiger partial charge >= 0.3 is 0 Å². The highest BCUT2D eigenvalue weighted by Gasteiger charge is 2.15. The van der Waals surface area contributed by atoms with E-state index in [2.05, 4.69) is 21.7 Å². The Labute approximate surface area is 191 Å². The zero-order chi connectivity index (χ0) is 23.1. The van der Waals surface area contributed by atoms with Gasteiger partial charge in [0.1, 0.15) is 11.5 Å². The van der Waals surface area contributed by atoms with Crippen molar-refractivity contribution >= 4 is 17.0 Å². The molecule has 0 fully saturated rings. The summed E-state index contributed by atoms with van der Waals surface area (Å²) in [4.78, 5) is 4.93. The molecule has 0 aliphatic heterocycles. The van der Waals surface area contributed by atoms with Crippen LogP contribution in [-0.2, 0) is 7.05 Å². The first-order valence-corrected chi connectivity index (χ1v) is 10.7. The number of aromatic hydroxyl groups is 1. The van der Waals surface area contributed by atoms with Crippen molar-refractivity contribution in [3.8, 4) is 33.9 Å². The molecule has 0 spiro atoms. The minimum absolute atomic E-state index is 0.194. The van der Waals surface area contributed by atoms with Gasteiger partial charge in [0.25, 0.3) is 0 Å². The smallest absolute Gasteiger partial charge is 0.161 e. The molecule has 2 aromatic carbocycles. The van der Waals surface area contributed by atoms with E-state index in [1.165, 1.54) is 0 Å². The molecule has 0 saturated carbocycles. The first kappa shape index (κ1) is 20.6. The number of methoxy groups -OCH3 is 1. The molecule has 5 aromatic rings. The third-order valence-electron chi connectivity index (χ3n) is 5.81. The Kier molecular flexibility index (Phi) is 5.01. The van der Waals surface area contributed by atoms with E-state index in [-0.39, 0.29) is 5.75 Å². The molecule has 0 aliphatic carbocycles. The minimum Gasteiger partial charge on any atom is -0.507 e. The van der Waals surface area contributed by atoms with Crippen LogP contribution in [-0.4, -0.2) is 31.4 Å². The first-order valence-electron chi connectivity index (χ1n) is 10.7. The zero-order valence-electron chi connectivity index (χ0n) is 19.0. The molecule has 0 radical (unpaired) electrons. The number of aromatic nitrogens is 4. The van der Waals surface area contributed by atoms with Crippen molar-refractivity contribution in [3.05, 3.63) is 78.4 Å². The Morgan fingerprint density at radius 1 is 1.00 bits per heavy atom. The predicted octanol–water partition coefficient (Wildman–Crippen LogP) is 5.48. The molecule has 7 heteroatoms. The number of rotatable bonds is 5. The number of pyridine rings is 1. The molecule has 7 nitrogen and oxygen atoms in total. The summed E-state index contributed by atoms with van der Waals surface area (Å²) in [6, 6.07) is 17.4. The molecule has 0 bridgehead atoms. The van der Waals surface area contributed by atoms with Gasteiger partial charge in [0, 0.05) is 53.6 Å². The van der Waals surface area contributed by atoms with Crippen LogP contribution in [0.5, 0.6) is 11.5 Å².